The third kappa shape index (κ3) is 2.99. The highest BCUT2D eigenvalue weighted by Crippen LogP contribution is 2.22. The van der Waals surface area contributed by atoms with E-state index in [2.05, 4.69) is 4.72 Å². The first-order chi connectivity index (χ1) is 9.97. The molecule has 21 heavy (non-hydrogen) atoms. The zero-order chi connectivity index (χ0) is 15.5. The molecule has 0 aliphatic heterocycles. The Kier molecular flexibility index (Phi) is 3.88. The molecule has 5 nitrogen and oxygen atoms in total. The van der Waals surface area contributed by atoms with Gasteiger partial charge in [-0.3, -0.25) is 4.72 Å². The minimum absolute atomic E-state index is 0.0226. The molecule has 0 aliphatic rings. The second kappa shape index (κ2) is 5.61. The number of hydrogen-bond donors (Lipinski definition) is 1. The van der Waals surface area contributed by atoms with E-state index in [1.165, 1.54) is 24.3 Å². The van der Waals surface area contributed by atoms with Crippen molar-refractivity contribution in [2.24, 2.45) is 0 Å². The van der Waals surface area contributed by atoms with Crippen LogP contribution in [0.3, 0.4) is 0 Å². The summed E-state index contributed by atoms with van der Waals surface area (Å²) >= 11 is 0. The molecule has 2 aromatic carbocycles. The third-order valence-electron chi connectivity index (χ3n) is 2.64. The lowest BCUT2D eigenvalue weighted by atomic mass is 10.2. The predicted molar refractivity (Wildman–Crippen MR) is 73.1 cm³/mol. The van der Waals surface area contributed by atoms with Crippen molar-refractivity contribution in [2.75, 3.05) is 4.72 Å². The molecule has 0 saturated heterocycles. The predicted octanol–water partition coefficient (Wildman–Crippen LogP) is 2.37. The standard InChI is InChI=1S/C14H8FN3O2S/c15-12-5-6-13(11(7-12)9-17)18-21(19,20)14-4-2-1-3-10(14)8-16/h1-7,18H. The molecule has 7 heteroatoms. The van der Waals surface area contributed by atoms with Crippen LogP contribution in [-0.4, -0.2) is 8.42 Å². The Labute approximate surface area is 120 Å². The van der Waals surface area contributed by atoms with Gasteiger partial charge in [0.25, 0.3) is 10.0 Å². The second-order valence-corrected chi connectivity index (χ2v) is 5.67. The van der Waals surface area contributed by atoms with Crippen molar-refractivity contribution in [2.45, 2.75) is 4.90 Å². The zero-order valence-electron chi connectivity index (χ0n) is 10.5. The number of benzene rings is 2. The summed E-state index contributed by atoms with van der Waals surface area (Å²) in [6.07, 6.45) is 0. The zero-order valence-corrected chi connectivity index (χ0v) is 11.4. The van der Waals surface area contributed by atoms with Crippen LogP contribution in [0.15, 0.2) is 47.4 Å². The van der Waals surface area contributed by atoms with Crippen molar-refractivity contribution in [3.63, 3.8) is 0 Å². The number of nitriles is 2. The maximum Gasteiger partial charge on any atom is 0.263 e. The van der Waals surface area contributed by atoms with Gasteiger partial charge >= 0.3 is 0 Å². The first kappa shape index (κ1) is 14.5. The van der Waals surface area contributed by atoms with Crippen molar-refractivity contribution < 1.29 is 12.8 Å². The number of sulfonamides is 1. The normalized spacial score (nSPS) is 10.4. The largest absolute Gasteiger partial charge is 0.278 e. The summed E-state index contributed by atoms with van der Waals surface area (Å²) < 4.78 is 39.8. The van der Waals surface area contributed by atoms with E-state index >= 15 is 0 Å². The smallest absolute Gasteiger partial charge is 0.263 e. The first-order valence-electron chi connectivity index (χ1n) is 5.69. The van der Waals surface area contributed by atoms with Crippen LogP contribution in [0.1, 0.15) is 11.1 Å². The highest BCUT2D eigenvalue weighted by molar-refractivity contribution is 7.92. The van der Waals surface area contributed by atoms with Gasteiger partial charge in [-0.2, -0.15) is 10.5 Å². The lowest BCUT2D eigenvalue weighted by molar-refractivity contribution is 0.600. The first-order valence-corrected chi connectivity index (χ1v) is 7.18. The van der Waals surface area contributed by atoms with Crippen LogP contribution < -0.4 is 4.72 Å². The fourth-order valence-electron chi connectivity index (χ4n) is 1.69. The average Bonchev–Trinajstić information content (AvgIpc) is 2.48. The molecule has 0 bridgehead atoms. The Balaban J connectivity index is 2.49. The number of hydrogen-bond acceptors (Lipinski definition) is 4. The van der Waals surface area contributed by atoms with Crippen molar-refractivity contribution in [3.8, 4) is 12.1 Å². The van der Waals surface area contributed by atoms with Gasteiger partial charge in [-0.05, 0) is 30.3 Å². The van der Waals surface area contributed by atoms with Gasteiger partial charge in [0.2, 0.25) is 0 Å². The summed E-state index contributed by atoms with van der Waals surface area (Å²) in [6, 6.07) is 12.3. The molecule has 0 spiro atoms. The van der Waals surface area contributed by atoms with Crippen LogP contribution in [0.2, 0.25) is 0 Å². The Hall–Kier alpha value is -2.90. The molecule has 0 saturated carbocycles. The van der Waals surface area contributed by atoms with Crippen LogP contribution in [0, 0.1) is 28.5 Å². The number of halogens is 1. The van der Waals surface area contributed by atoms with Crippen molar-refractivity contribution in [1.82, 2.24) is 0 Å². The summed E-state index contributed by atoms with van der Waals surface area (Å²) in [5, 5.41) is 17.8. The number of nitrogens with one attached hydrogen (secondary N) is 1. The molecule has 0 unspecified atom stereocenters. The van der Waals surface area contributed by atoms with E-state index in [1.807, 2.05) is 0 Å². The molecule has 104 valence electrons. The van der Waals surface area contributed by atoms with Crippen LogP contribution >= 0.6 is 0 Å². The fraction of sp³-hybridized carbons (Fsp3) is 0. The molecule has 1 N–H and O–H groups in total. The number of anilines is 1. The minimum Gasteiger partial charge on any atom is -0.278 e. The van der Waals surface area contributed by atoms with Gasteiger partial charge in [0.15, 0.2) is 0 Å². The average molecular weight is 301 g/mol. The van der Waals surface area contributed by atoms with E-state index in [0.29, 0.717) is 0 Å². The van der Waals surface area contributed by atoms with E-state index in [1.54, 1.807) is 12.1 Å². The number of rotatable bonds is 3. The monoisotopic (exact) mass is 301 g/mol. The topological polar surface area (TPSA) is 93.8 Å². The Bertz CT molecular complexity index is 880. The van der Waals surface area contributed by atoms with Gasteiger partial charge in [-0.15, -0.1) is 0 Å². The highest BCUT2D eigenvalue weighted by Gasteiger charge is 2.19. The van der Waals surface area contributed by atoms with E-state index in [4.69, 9.17) is 10.5 Å². The van der Waals surface area contributed by atoms with Crippen LogP contribution in [0.25, 0.3) is 0 Å². The van der Waals surface area contributed by atoms with E-state index in [0.717, 1.165) is 18.2 Å². The number of nitrogens with zero attached hydrogens (tertiary/aromatic N) is 2. The van der Waals surface area contributed by atoms with Gasteiger partial charge in [-0.25, -0.2) is 12.8 Å². The van der Waals surface area contributed by atoms with Gasteiger partial charge in [0, 0.05) is 0 Å². The van der Waals surface area contributed by atoms with Gasteiger partial charge in [0.05, 0.1) is 16.8 Å². The summed E-state index contributed by atoms with van der Waals surface area (Å²) in [5.74, 6) is -0.646. The SMILES string of the molecule is N#Cc1cc(F)ccc1NS(=O)(=O)c1ccccc1C#N. The molecule has 0 radical (unpaired) electrons. The molecule has 0 aliphatic carbocycles. The summed E-state index contributed by atoms with van der Waals surface area (Å²) in [4.78, 5) is -0.208. The molecule has 0 heterocycles. The summed E-state index contributed by atoms with van der Waals surface area (Å²) in [7, 11) is -4.05. The van der Waals surface area contributed by atoms with Gasteiger partial charge in [0.1, 0.15) is 22.9 Å². The maximum absolute atomic E-state index is 13.0. The van der Waals surface area contributed by atoms with Gasteiger partial charge < -0.3 is 0 Å². The molecule has 2 rings (SSSR count). The van der Waals surface area contributed by atoms with E-state index in [-0.39, 0.29) is 21.7 Å². The molecule has 2 aromatic rings. The third-order valence-corrected chi connectivity index (χ3v) is 4.07. The summed E-state index contributed by atoms with van der Waals surface area (Å²) in [5.41, 5.74) is -0.217. The van der Waals surface area contributed by atoms with Crippen molar-refractivity contribution in [1.29, 1.82) is 10.5 Å². The molecule has 0 aromatic heterocycles. The van der Waals surface area contributed by atoms with Crippen LogP contribution in [-0.2, 0) is 10.0 Å². The molecule has 0 atom stereocenters. The van der Waals surface area contributed by atoms with Crippen molar-refractivity contribution >= 4 is 15.7 Å². The lowest BCUT2D eigenvalue weighted by Gasteiger charge is -2.10. The second-order valence-electron chi connectivity index (χ2n) is 4.02. The Morgan fingerprint density at radius 3 is 2.33 bits per heavy atom. The minimum atomic E-state index is -4.05. The van der Waals surface area contributed by atoms with E-state index in [9.17, 15) is 12.8 Å². The Morgan fingerprint density at radius 1 is 1.00 bits per heavy atom. The summed E-state index contributed by atoms with van der Waals surface area (Å²) in [6.45, 7) is 0. The van der Waals surface area contributed by atoms with Gasteiger partial charge in [-0.1, -0.05) is 12.1 Å². The molecule has 0 fully saturated rings. The van der Waals surface area contributed by atoms with Crippen LogP contribution in [0.4, 0.5) is 10.1 Å². The van der Waals surface area contributed by atoms with E-state index < -0.39 is 15.8 Å². The molecular formula is C14H8FN3O2S. The Morgan fingerprint density at radius 2 is 1.67 bits per heavy atom. The van der Waals surface area contributed by atoms with Crippen molar-refractivity contribution in [3.05, 3.63) is 59.4 Å². The fourth-order valence-corrected chi connectivity index (χ4v) is 2.93. The van der Waals surface area contributed by atoms with Crippen LogP contribution in [0.5, 0.6) is 0 Å². The lowest BCUT2D eigenvalue weighted by Crippen LogP contribution is -2.15. The highest BCUT2D eigenvalue weighted by atomic mass is 32.2. The maximum atomic E-state index is 13.0. The molecule has 0 amide bonds. The molecular weight excluding hydrogens is 293 g/mol. The quantitative estimate of drug-likeness (QED) is 0.941.